The Morgan fingerprint density at radius 2 is 2.04 bits per heavy atom. The second-order valence-corrected chi connectivity index (χ2v) is 6.57. The van der Waals surface area contributed by atoms with Crippen molar-refractivity contribution in [2.75, 3.05) is 26.3 Å². The van der Waals surface area contributed by atoms with Crippen molar-refractivity contribution in [2.24, 2.45) is 4.99 Å². The number of carbonyl (C=O) groups excluding carboxylic acids is 1. The molecule has 0 atom stereocenters. The van der Waals surface area contributed by atoms with Crippen LogP contribution >= 0.6 is 0 Å². The van der Waals surface area contributed by atoms with Crippen molar-refractivity contribution in [1.29, 1.82) is 0 Å². The van der Waals surface area contributed by atoms with Crippen molar-refractivity contribution in [3.63, 3.8) is 0 Å². The Hall–Kier alpha value is -2.41. The van der Waals surface area contributed by atoms with Gasteiger partial charge in [0, 0.05) is 31.0 Å². The summed E-state index contributed by atoms with van der Waals surface area (Å²) in [5.74, 6) is 0.584. The van der Waals surface area contributed by atoms with Gasteiger partial charge in [-0.1, -0.05) is 0 Å². The fourth-order valence-electron chi connectivity index (χ4n) is 2.88. The SMILES string of the molecule is CC(C)OC(=O)N1CCC(OCC2=NC(c3ccncc3)=CCO2)CC1. The van der Waals surface area contributed by atoms with Gasteiger partial charge in [0.25, 0.3) is 0 Å². The average molecular weight is 359 g/mol. The van der Waals surface area contributed by atoms with Gasteiger partial charge < -0.3 is 19.1 Å². The number of ether oxygens (including phenoxy) is 3. The van der Waals surface area contributed by atoms with Gasteiger partial charge >= 0.3 is 6.09 Å². The highest BCUT2D eigenvalue weighted by Crippen LogP contribution is 2.19. The largest absolute Gasteiger partial charge is 0.475 e. The smallest absolute Gasteiger partial charge is 0.410 e. The maximum atomic E-state index is 11.9. The average Bonchev–Trinajstić information content (AvgIpc) is 2.67. The molecule has 2 aliphatic rings. The third-order valence-electron chi connectivity index (χ3n) is 4.23. The standard InChI is InChI=1S/C19H25N3O4/c1-14(2)26-19(23)22-10-5-16(6-11-22)25-13-18-21-17(7-12-24-18)15-3-8-20-9-4-15/h3-4,7-9,14,16H,5-6,10-13H2,1-2H3. The number of amides is 1. The first-order valence-corrected chi connectivity index (χ1v) is 9.00. The number of aliphatic imine (C=N–C) groups is 1. The van der Waals surface area contributed by atoms with Crippen molar-refractivity contribution in [1.82, 2.24) is 9.88 Å². The minimum atomic E-state index is -0.245. The molecule has 7 heteroatoms. The lowest BCUT2D eigenvalue weighted by molar-refractivity contribution is 0.0127. The number of rotatable bonds is 5. The molecule has 7 nitrogen and oxygen atoms in total. The number of hydrogen-bond acceptors (Lipinski definition) is 6. The van der Waals surface area contributed by atoms with Crippen LogP contribution in [0.5, 0.6) is 0 Å². The lowest BCUT2D eigenvalue weighted by Crippen LogP contribution is -2.42. The highest BCUT2D eigenvalue weighted by molar-refractivity contribution is 5.86. The van der Waals surface area contributed by atoms with Crippen LogP contribution in [0, 0.1) is 0 Å². The highest BCUT2D eigenvalue weighted by Gasteiger charge is 2.25. The van der Waals surface area contributed by atoms with Crippen LogP contribution in [0.25, 0.3) is 5.70 Å². The summed E-state index contributed by atoms with van der Waals surface area (Å²) in [5.41, 5.74) is 1.89. The predicted molar refractivity (Wildman–Crippen MR) is 97.8 cm³/mol. The minimum absolute atomic E-state index is 0.0967. The number of aromatic nitrogens is 1. The Morgan fingerprint density at radius 3 is 2.73 bits per heavy atom. The van der Waals surface area contributed by atoms with Gasteiger partial charge in [0.2, 0.25) is 5.90 Å². The molecule has 0 unspecified atom stereocenters. The van der Waals surface area contributed by atoms with Crippen molar-refractivity contribution < 1.29 is 19.0 Å². The number of piperidine rings is 1. The van der Waals surface area contributed by atoms with Gasteiger partial charge in [-0.05, 0) is 44.9 Å². The number of carbonyl (C=O) groups is 1. The van der Waals surface area contributed by atoms with Crippen LogP contribution < -0.4 is 0 Å². The van der Waals surface area contributed by atoms with E-state index in [9.17, 15) is 4.79 Å². The first-order chi connectivity index (χ1) is 12.6. The van der Waals surface area contributed by atoms with Gasteiger partial charge in [-0.15, -0.1) is 0 Å². The van der Waals surface area contributed by atoms with E-state index in [1.165, 1.54) is 0 Å². The van der Waals surface area contributed by atoms with Crippen LogP contribution in [0.15, 0.2) is 35.6 Å². The third kappa shape index (κ3) is 5.05. The molecule has 3 heterocycles. The van der Waals surface area contributed by atoms with Crippen LogP contribution in [0.2, 0.25) is 0 Å². The molecule has 1 aromatic rings. The van der Waals surface area contributed by atoms with E-state index in [2.05, 4.69) is 9.98 Å². The fourth-order valence-corrected chi connectivity index (χ4v) is 2.88. The summed E-state index contributed by atoms with van der Waals surface area (Å²) in [4.78, 5) is 22.2. The Kier molecular flexibility index (Phi) is 6.22. The summed E-state index contributed by atoms with van der Waals surface area (Å²) >= 11 is 0. The quantitative estimate of drug-likeness (QED) is 0.808. The van der Waals surface area contributed by atoms with Crippen molar-refractivity contribution in [2.45, 2.75) is 38.9 Å². The van der Waals surface area contributed by atoms with Gasteiger partial charge in [-0.3, -0.25) is 4.98 Å². The Labute approximate surface area is 153 Å². The Morgan fingerprint density at radius 1 is 1.31 bits per heavy atom. The molecule has 0 bridgehead atoms. The monoisotopic (exact) mass is 359 g/mol. The van der Waals surface area contributed by atoms with Crippen LogP contribution in [0.1, 0.15) is 32.3 Å². The van der Waals surface area contributed by atoms with Crippen molar-refractivity contribution in [3.05, 3.63) is 36.2 Å². The zero-order valence-corrected chi connectivity index (χ0v) is 15.3. The van der Waals surface area contributed by atoms with Crippen molar-refractivity contribution >= 4 is 17.7 Å². The number of likely N-dealkylation sites (tertiary alicyclic amines) is 1. The molecule has 1 amide bonds. The van der Waals surface area contributed by atoms with Crippen LogP contribution in [-0.4, -0.2) is 60.4 Å². The normalized spacial score (nSPS) is 18.2. The fraction of sp³-hybridized carbons (Fsp3) is 0.526. The van der Waals surface area contributed by atoms with E-state index >= 15 is 0 Å². The lowest BCUT2D eigenvalue weighted by atomic mass is 10.1. The summed E-state index contributed by atoms with van der Waals surface area (Å²) in [6, 6.07) is 3.84. The van der Waals surface area contributed by atoms with Gasteiger partial charge in [0.15, 0.2) is 0 Å². The second kappa shape index (κ2) is 8.80. The molecule has 0 aromatic carbocycles. The van der Waals surface area contributed by atoms with Gasteiger partial charge in [0.1, 0.15) is 13.2 Å². The number of pyridine rings is 1. The molecule has 26 heavy (non-hydrogen) atoms. The molecular formula is C19H25N3O4. The second-order valence-electron chi connectivity index (χ2n) is 6.57. The van der Waals surface area contributed by atoms with E-state index in [-0.39, 0.29) is 18.3 Å². The molecule has 0 N–H and O–H groups in total. The Balaban J connectivity index is 1.46. The number of hydrogen-bond donors (Lipinski definition) is 0. The molecule has 0 spiro atoms. The van der Waals surface area contributed by atoms with Crippen LogP contribution in [0.3, 0.4) is 0 Å². The first-order valence-electron chi connectivity index (χ1n) is 9.00. The molecule has 0 aliphatic carbocycles. The Bertz CT molecular complexity index is 665. The van der Waals surface area contributed by atoms with E-state index in [1.54, 1.807) is 17.3 Å². The molecule has 0 radical (unpaired) electrons. The van der Waals surface area contributed by atoms with E-state index in [0.29, 0.717) is 32.2 Å². The summed E-state index contributed by atoms with van der Waals surface area (Å²) in [6.07, 6.45) is 6.76. The molecule has 2 aliphatic heterocycles. The molecule has 3 rings (SSSR count). The maximum Gasteiger partial charge on any atom is 0.410 e. The van der Waals surface area contributed by atoms with Gasteiger partial charge in [-0.2, -0.15) is 0 Å². The van der Waals surface area contributed by atoms with E-state index < -0.39 is 0 Å². The first kappa shape index (κ1) is 18.4. The summed E-state index contributed by atoms with van der Waals surface area (Å²) < 4.78 is 16.7. The maximum absolute atomic E-state index is 11.9. The van der Waals surface area contributed by atoms with Crippen LogP contribution in [0.4, 0.5) is 4.79 Å². The lowest BCUT2D eigenvalue weighted by Gasteiger charge is -2.31. The summed E-state index contributed by atoms with van der Waals surface area (Å²) in [7, 11) is 0. The molecule has 1 aromatic heterocycles. The van der Waals surface area contributed by atoms with E-state index in [4.69, 9.17) is 14.2 Å². The molecular weight excluding hydrogens is 334 g/mol. The molecule has 140 valence electrons. The zero-order chi connectivity index (χ0) is 18.4. The van der Waals surface area contributed by atoms with E-state index in [0.717, 1.165) is 24.1 Å². The third-order valence-corrected chi connectivity index (χ3v) is 4.23. The zero-order valence-electron chi connectivity index (χ0n) is 15.3. The van der Waals surface area contributed by atoms with Gasteiger partial charge in [-0.25, -0.2) is 9.79 Å². The van der Waals surface area contributed by atoms with Crippen molar-refractivity contribution in [3.8, 4) is 0 Å². The number of nitrogens with zero attached hydrogens (tertiary/aromatic N) is 3. The topological polar surface area (TPSA) is 73.2 Å². The predicted octanol–water partition coefficient (Wildman–Crippen LogP) is 2.88. The van der Waals surface area contributed by atoms with E-state index in [1.807, 2.05) is 32.1 Å². The minimum Gasteiger partial charge on any atom is -0.475 e. The van der Waals surface area contributed by atoms with Crippen LogP contribution in [-0.2, 0) is 14.2 Å². The highest BCUT2D eigenvalue weighted by atomic mass is 16.6. The molecule has 1 fully saturated rings. The molecule has 1 saturated heterocycles. The summed E-state index contributed by atoms with van der Waals surface area (Å²) in [5, 5.41) is 0. The van der Waals surface area contributed by atoms with Gasteiger partial charge in [0.05, 0.1) is 17.9 Å². The molecule has 0 saturated carbocycles. The summed E-state index contributed by atoms with van der Waals surface area (Å²) in [6.45, 7) is 5.82.